The van der Waals surface area contributed by atoms with Crippen molar-refractivity contribution in [2.24, 2.45) is 0 Å². The average Bonchev–Trinajstić information content (AvgIpc) is 2.42. The first kappa shape index (κ1) is 18.8. The predicted molar refractivity (Wildman–Crippen MR) is 85.9 cm³/mol. The summed E-state index contributed by atoms with van der Waals surface area (Å²) in [6, 6.07) is 1.71. The first-order valence-electron chi connectivity index (χ1n) is 6.84. The van der Waals surface area contributed by atoms with Gasteiger partial charge in [0.15, 0.2) is 5.16 Å². The van der Waals surface area contributed by atoms with E-state index in [4.69, 9.17) is 9.47 Å². The quantitative estimate of drug-likeness (QED) is 0.308. The Morgan fingerprint density at radius 3 is 2.14 bits per heavy atom. The largest absolute Gasteiger partial charge is 0.462 e. The van der Waals surface area contributed by atoms with Gasteiger partial charge in [0, 0.05) is 6.20 Å². The number of hydrogen-bond acceptors (Lipinski definition) is 8. The Balaban J connectivity index is 2.45. The van der Waals surface area contributed by atoms with Gasteiger partial charge in [-0.2, -0.15) is 0 Å². The van der Waals surface area contributed by atoms with Crippen LogP contribution in [0.25, 0.3) is 0 Å². The molecule has 1 aromatic rings. The van der Waals surface area contributed by atoms with Crippen LogP contribution in [0.1, 0.15) is 27.7 Å². The summed E-state index contributed by atoms with van der Waals surface area (Å²) in [7, 11) is 0. The van der Waals surface area contributed by atoms with E-state index in [0.29, 0.717) is 10.2 Å². The smallest absolute Gasteiger partial charge is 0.316 e. The first-order valence-corrected chi connectivity index (χ1v) is 8.81. The molecule has 0 fully saturated rings. The van der Waals surface area contributed by atoms with Crippen molar-refractivity contribution in [1.29, 1.82) is 0 Å². The van der Waals surface area contributed by atoms with Crippen molar-refractivity contribution in [3.8, 4) is 0 Å². The fraction of sp³-hybridized carbons (Fsp3) is 0.571. The average molecular weight is 344 g/mol. The summed E-state index contributed by atoms with van der Waals surface area (Å²) in [6.07, 6.45) is 1.33. The van der Waals surface area contributed by atoms with E-state index in [1.54, 1.807) is 40.0 Å². The van der Waals surface area contributed by atoms with Crippen molar-refractivity contribution in [2.45, 2.75) is 50.1 Å². The monoisotopic (exact) mass is 344 g/mol. The number of nitrogens with zero attached hydrogens (tertiary/aromatic N) is 2. The molecule has 0 unspecified atom stereocenters. The lowest BCUT2D eigenvalue weighted by molar-refractivity contribution is -0.145. The van der Waals surface area contributed by atoms with E-state index in [9.17, 15) is 9.59 Å². The maximum absolute atomic E-state index is 11.5. The van der Waals surface area contributed by atoms with Gasteiger partial charge in [-0.25, -0.2) is 9.97 Å². The van der Waals surface area contributed by atoms with Crippen LogP contribution in [0.5, 0.6) is 0 Å². The predicted octanol–water partition coefficient (Wildman–Crippen LogP) is 2.56. The van der Waals surface area contributed by atoms with Crippen LogP contribution in [0.4, 0.5) is 0 Å². The molecular formula is C14H20N2O4S2. The Kier molecular flexibility index (Phi) is 8.26. The SMILES string of the molecule is CC(C)OC(=O)CSc1ccnc(SCC(=O)OC(C)C)n1. The van der Waals surface area contributed by atoms with Gasteiger partial charge in [0.25, 0.3) is 0 Å². The van der Waals surface area contributed by atoms with E-state index in [1.165, 1.54) is 23.5 Å². The van der Waals surface area contributed by atoms with E-state index >= 15 is 0 Å². The minimum atomic E-state index is -0.304. The second kappa shape index (κ2) is 9.68. The number of carbonyl (C=O) groups excluding carboxylic acids is 2. The maximum Gasteiger partial charge on any atom is 0.316 e. The molecule has 1 heterocycles. The van der Waals surface area contributed by atoms with E-state index in [1.807, 2.05) is 0 Å². The van der Waals surface area contributed by atoms with Gasteiger partial charge in [0.2, 0.25) is 0 Å². The second-order valence-corrected chi connectivity index (χ2v) is 6.77. The summed E-state index contributed by atoms with van der Waals surface area (Å²) in [5, 5.41) is 1.14. The number of ether oxygens (including phenoxy) is 2. The Morgan fingerprint density at radius 2 is 1.59 bits per heavy atom. The number of aromatic nitrogens is 2. The van der Waals surface area contributed by atoms with Gasteiger partial charge in [-0.3, -0.25) is 9.59 Å². The molecular weight excluding hydrogens is 324 g/mol. The normalized spacial score (nSPS) is 10.8. The summed E-state index contributed by atoms with van der Waals surface area (Å²) >= 11 is 2.48. The number of rotatable bonds is 8. The highest BCUT2D eigenvalue weighted by molar-refractivity contribution is 8.00. The van der Waals surface area contributed by atoms with Crippen LogP contribution in [-0.4, -0.2) is 45.6 Å². The van der Waals surface area contributed by atoms with E-state index in [-0.39, 0.29) is 35.7 Å². The molecule has 0 bridgehead atoms. The molecule has 0 radical (unpaired) electrons. The first-order chi connectivity index (χ1) is 10.4. The summed E-state index contributed by atoms with van der Waals surface area (Å²) in [5.74, 6) is -0.244. The molecule has 1 aromatic heterocycles. The summed E-state index contributed by atoms with van der Waals surface area (Å²) in [6.45, 7) is 7.20. The third-order valence-electron chi connectivity index (χ3n) is 2.00. The number of carbonyl (C=O) groups is 2. The van der Waals surface area contributed by atoms with Crippen LogP contribution < -0.4 is 0 Å². The summed E-state index contributed by atoms with van der Waals surface area (Å²) < 4.78 is 10.1. The van der Waals surface area contributed by atoms with Crippen LogP contribution in [-0.2, 0) is 19.1 Å². The molecule has 122 valence electrons. The van der Waals surface area contributed by atoms with E-state index in [0.717, 1.165) is 0 Å². The highest BCUT2D eigenvalue weighted by Crippen LogP contribution is 2.19. The third-order valence-corrected chi connectivity index (χ3v) is 3.74. The minimum Gasteiger partial charge on any atom is -0.462 e. The molecule has 0 aliphatic carbocycles. The Hall–Kier alpha value is -1.28. The molecule has 0 amide bonds. The molecule has 0 atom stereocenters. The van der Waals surface area contributed by atoms with E-state index in [2.05, 4.69) is 9.97 Å². The van der Waals surface area contributed by atoms with Crippen molar-refractivity contribution in [2.75, 3.05) is 11.5 Å². The number of thioether (sulfide) groups is 2. The standard InChI is InChI=1S/C14H20N2O4S2/c1-9(2)19-12(17)7-21-11-5-6-15-14(16-11)22-8-13(18)20-10(3)4/h5-6,9-10H,7-8H2,1-4H3. The van der Waals surface area contributed by atoms with Gasteiger partial charge in [-0.05, 0) is 33.8 Å². The molecule has 0 aliphatic rings. The van der Waals surface area contributed by atoms with Gasteiger partial charge < -0.3 is 9.47 Å². The van der Waals surface area contributed by atoms with Crippen LogP contribution in [0.2, 0.25) is 0 Å². The lowest BCUT2D eigenvalue weighted by Gasteiger charge is -2.08. The zero-order valence-corrected chi connectivity index (χ0v) is 14.7. The van der Waals surface area contributed by atoms with Crippen LogP contribution in [0.15, 0.2) is 22.4 Å². The Bertz CT molecular complexity index is 468. The summed E-state index contributed by atoms with van der Waals surface area (Å²) in [5.41, 5.74) is 0. The lowest BCUT2D eigenvalue weighted by Crippen LogP contribution is -2.13. The Labute approximate surface area is 138 Å². The fourth-order valence-electron chi connectivity index (χ4n) is 1.33. The fourth-order valence-corrected chi connectivity index (χ4v) is 2.64. The minimum absolute atomic E-state index is 0.128. The molecule has 0 aromatic carbocycles. The molecule has 0 N–H and O–H groups in total. The van der Waals surface area contributed by atoms with Crippen molar-refractivity contribution in [3.05, 3.63) is 12.3 Å². The topological polar surface area (TPSA) is 78.4 Å². The highest BCUT2D eigenvalue weighted by atomic mass is 32.2. The van der Waals surface area contributed by atoms with E-state index < -0.39 is 0 Å². The van der Waals surface area contributed by atoms with Gasteiger partial charge in [-0.15, -0.1) is 0 Å². The van der Waals surface area contributed by atoms with Gasteiger partial charge in [0.05, 0.1) is 23.7 Å². The molecule has 0 saturated heterocycles. The molecule has 0 aliphatic heterocycles. The zero-order chi connectivity index (χ0) is 16.5. The third kappa shape index (κ3) is 8.23. The summed E-state index contributed by atoms with van der Waals surface area (Å²) in [4.78, 5) is 31.3. The number of hydrogen-bond donors (Lipinski definition) is 0. The lowest BCUT2D eigenvalue weighted by atomic mass is 10.5. The van der Waals surface area contributed by atoms with Crippen molar-refractivity contribution < 1.29 is 19.1 Å². The van der Waals surface area contributed by atoms with Crippen molar-refractivity contribution >= 4 is 35.5 Å². The van der Waals surface area contributed by atoms with Crippen LogP contribution in [0.3, 0.4) is 0 Å². The highest BCUT2D eigenvalue weighted by Gasteiger charge is 2.10. The van der Waals surface area contributed by atoms with Crippen LogP contribution >= 0.6 is 23.5 Å². The van der Waals surface area contributed by atoms with Gasteiger partial charge in [-0.1, -0.05) is 23.5 Å². The molecule has 0 spiro atoms. The molecule has 1 rings (SSSR count). The zero-order valence-electron chi connectivity index (χ0n) is 13.1. The molecule has 6 nitrogen and oxygen atoms in total. The van der Waals surface area contributed by atoms with Crippen LogP contribution in [0, 0.1) is 0 Å². The Morgan fingerprint density at radius 1 is 1.05 bits per heavy atom. The maximum atomic E-state index is 11.5. The molecule has 8 heteroatoms. The van der Waals surface area contributed by atoms with Crippen molar-refractivity contribution in [1.82, 2.24) is 9.97 Å². The molecule has 0 saturated carbocycles. The molecule has 22 heavy (non-hydrogen) atoms. The second-order valence-electron chi connectivity index (χ2n) is 4.83. The van der Waals surface area contributed by atoms with Gasteiger partial charge >= 0.3 is 11.9 Å². The van der Waals surface area contributed by atoms with Crippen molar-refractivity contribution in [3.63, 3.8) is 0 Å². The van der Waals surface area contributed by atoms with Gasteiger partial charge in [0.1, 0.15) is 5.03 Å². The number of esters is 2.